The Morgan fingerprint density at radius 2 is 1.46 bits per heavy atom. The molecule has 0 bridgehead atoms. The molecule has 0 heterocycles. The number of allylic oxidation sites excluding steroid dienone is 4. The van der Waals surface area contributed by atoms with E-state index in [0.29, 0.717) is 5.25 Å². The number of thiol groups is 1. The molecule has 0 aromatic carbocycles. The molecule has 13 heavy (non-hydrogen) atoms. The zero-order valence-corrected chi connectivity index (χ0v) is 9.18. The van der Waals surface area contributed by atoms with E-state index in [1.165, 1.54) is 38.5 Å². The van der Waals surface area contributed by atoms with E-state index in [2.05, 4.69) is 36.9 Å². The lowest BCUT2D eigenvalue weighted by atomic mass is 10.1. The minimum atomic E-state index is 0.573. The van der Waals surface area contributed by atoms with Gasteiger partial charge in [-0.1, -0.05) is 24.3 Å². The Bertz CT molecular complexity index is 170. The summed E-state index contributed by atoms with van der Waals surface area (Å²) >= 11 is 4.55. The van der Waals surface area contributed by atoms with Crippen molar-refractivity contribution in [3.63, 3.8) is 0 Å². The van der Waals surface area contributed by atoms with E-state index >= 15 is 0 Å². The predicted molar refractivity (Wildman–Crippen MR) is 63.4 cm³/mol. The quantitative estimate of drug-likeness (QED) is 0.437. The molecule has 1 aliphatic rings. The molecule has 1 aliphatic carbocycles. The van der Waals surface area contributed by atoms with Crippen molar-refractivity contribution in [2.24, 2.45) is 0 Å². The summed E-state index contributed by atoms with van der Waals surface area (Å²) in [6.07, 6.45) is 17.9. The maximum absolute atomic E-state index is 4.55. The molecule has 0 aliphatic heterocycles. The molecule has 0 fully saturated rings. The van der Waals surface area contributed by atoms with Gasteiger partial charge in [-0.05, 0) is 44.9 Å². The highest BCUT2D eigenvalue weighted by Crippen LogP contribution is 2.13. The number of hydrogen-bond acceptors (Lipinski definition) is 1. The van der Waals surface area contributed by atoms with Gasteiger partial charge >= 0.3 is 0 Å². The van der Waals surface area contributed by atoms with E-state index in [4.69, 9.17) is 0 Å². The maximum atomic E-state index is 4.55. The Balaban J connectivity index is 2.29. The monoisotopic (exact) mass is 196 g/mol. The zero-order valence-electron chi connectivity index (χ0n) is 8.28. The molecule has 0 saturated carbocycles. The van der Waals surface area contributed by atoms with E-state index in [1.807, 2.05) is 0 Å². The molecule has 0 aromatic rings. The summed E-state index contributed by atoms with van der Waals surface area (Å²) in [4.78, 5) is 0. The first kappa shape index (κ1) is 10.9. The van der Waals surface area contributed by atoms with E-state index in [1.54, 1.807) is 0 Å². The highest BCUT2D eigenvalue weighted by Gasteiger charge is 1.99. The molecule has 0 nitrogen and oxygen atoms in total. The normalized spacial score (nSPS) is 31.3. The van der Waals surface area contributed by atoms with Crippen molar-refractivity contribution in [1.82, 2.24) is 0 Å². The fourth-order valence-electron chi connectivity index (χ4n) is 1.55. The Hall–Kier alpha value is -0.170. The third-order valence-corrected chi connectivity index (χ3v) is 2.86. The zero-order chi connectivity index (χ0) is 9.36. The van der Waals surface area contributed by atoms with Crippen LogP contribution in [0.5, 0.6) is 0 Å². The molecule has 1 heteroatoms. The van der Waals surface area contributed by atoms with Gasteiger partial charge in [0.25, 0.3) is 0 Å². The summed E-state index contributed by atoms with van der Waals surface area (Å²) in [5.41, 5.74) is 0. The van der Waals surface area contributed by atoms with Crippen LogP contribution in [0.3, 0.4) is 0 Å². The van der Waals surface area contributed by atoms with Crippen molar-refractivity contribution in [2.45, 2.75) is 50.2 Å². The molecule has 74 valence electrons. The van der Waals surface area contributed by atoms with Crippen molar-refractivity contribution in [1.29, 1.82) is 0 Å². The highest BCUT2D eigenvalue weighted by atomic mass is 32.1. The molecule has 1 rings (SSSR count). The molecule has 0 N–H and O–H groups in total. The van der Waals surface area contributed by atoms with E-state index < -0.39 is 0 Å². The molecule has 0 radical (unpaired) electrons. The van der Waals surface area contributed by atoms with Gasteiger partial charge in [0.2, 0.25) is 0 Å². The van der Waals surface area contributed by atoms with Gasteiger partial charge < -0.3 is 0 Å². The molecule has 1 atom stereocenters. The van der Waals surface area contributed by atoms with E-state index in [9.17, 15) is 0 Å². The van der Waals surface area contributed by atoms with Crippen LogP contribution < -0.4 is 0 Å². The van der Waals surface area contributed by atoms with Gasteiger partial charge in [-0.25, -0.2) is 0 Å². The van der Waals surface area contributed by atoms with E-state index in [0.717, 1.165) is 6.42 Å². The Labute approximate surface area is 87.5 Å². The van der Waals surface area contributed by atoms with E-state index in [-0.39, 0.29) is 0 Å². The highest BCUT2D eigenvalue weighted by molar-refractivity contribution is 7.80. The lowest BCUT2D eigenvalue weighted by Gasteiger charge is -2.06. The third kappa shape index (κ3) is 5.98. The van der Waals surface area contributed by atoms with Crippen molar-refractivity contribution < 1.29 is 0 Å². The SMILES string of the molecule is SC1C/C=C/CCC/C=C\CCC1. The van der Waals surface area contributed by atoms with Crippen LogP contribution in [-0.2, 0) is 0 Å². The molecule has 1 unspecified atom stereocenters. The predicted octanol–water partition coefficient (Wildman–Crippen LogP) is 4.14. The second-order valence-corrected chi connectivity index (χ2v) is 4.42. The van der Waals surface area contributed by atoms with Crippen LogP contribution in [-0.4, -0.2) is 5.25 Å². The van der Waals surface area contributed by atoms with Gasteiger partial charge in [0.05, 0.1) is 0 Å². The molecular weight excluding hydrogens is 176 g/mol. The van der Waals surface area contributed by atoms with Crippen LogP contribution in [0.4, 0.5) is 0 Å². The Morgan fingerprint density at radius 1 is 0.846 bits per heavy atom. The van der Waals surface area contributed by atoms with Crippen LogP contribution in [0.25, 0.3) is 0 Å². The standard InChI is InChI=1S/C12H20S/c13-12-10-8-6-4-2-1-3-5-7-9-11-12/h2,4,7,9,12-13H,1,3,5-6,8,10-11H2/b4-2-,9-7+. The summed E-state index contributed by atoms with van der Waals surface area (Å²) in [7, 11) is 0. The van der Waals surface area contributed by atoms with Gasteiger partial charge in [-0.15, -0.1) is 0 Å². The fraction of sp³-hybridized carbons (Fsp3) is 0.667. The first-order valence-electron chi connectivity index (χ1n) is 5.37. The molecule has 0 aromatic heterocycles. The van der Waals surface area contributed by atoms with Crippen molar-refractivity contribution in [2.75, 3.05) is 0 Å². The second-order valence-electron chi connectivity index (χ2n) is 3.69. The average molecular weight is 196 g/mol. The van der Waals surface area contributed by atoms with Crippen LogP contribution in [0, 0.1) is 0 Å². The molecular formula is C12H20S. The summed E-state index contributed by atoms with van der Waals surface area (Å²) in [5, 5.41) is 0.573. The summed E-state index contributed by atoms with van der Waals surface area (Å²) in [6.45, 7) is 0. The molecule has 0 spiro atoms. The Kier molecular flexibility index (Phi) is 6.09. The lowest BCUT2D eigenvalue weighted by molar-refractivity contribution is 0.708. The topological polar surface area (TPSA) is 0 Å². The van der Waals surface area contributed by atoms with Crippen LogP contribution in [0.15, 0.2) is 24.3 Å². The Morgan fingerprint density at radius 3 is 2.23 bits per heavy atom. The van der Waals surface area contributed by atoms with Crippen molar-refractivity contribution >= 4 is 12.6 Å². The van der Waals surface area contributed by atoms with Crippen molar-refractivity contribution in [3.05, 3.63) is 24.3 Å². The first-order chi connectivity index (χ1) is 6.39. The average Bonchev–Trinajstić information content (AvgIpc) is 2.11. The third-order valence-electron chi connectivity index (χ3n) is 2.39. The minimum absolute atomic E-state index is 0.573. The summed E-state index contributed by atoms with van der Waals surface area (Å²) < 4.78 is 0. The summed E-state index contributed by atoms with van der Waals surface area (Å²) in [5.74, 6) is 0. The van der Waals surface area contributed by atoms with Crippen LogP contribution >= 0.6 is 12.6 Å². The van der Waals surface area contributed by atoms with Crippen LogP contribution in [0.1, 0.15) is 44.9 Å². The van der Waals surface area contributed by atoms with Crippen LogP contribution in [0.2, 0.25) is 0 Å². The maximum Gasteiger partial charge on any atom is 0.00514 e. The lowest BCUT2D eigenvalue weighted by Crippen LogP contribution is -1.96. The van der Waals surface area contributed by atoms with Gasteiger partial charge in [0.15, 0.2) is 0 Å². The second kappa shape index (κ2) is 7.25. The molecule has 0 saturated heterocycles. The minimum Gasteiger partial charge on any atom is -0.176 e. The molecule has 0 amide bonds. The summed E-state index contributed by atoms with van der Waals surface area (Å²) in [6, 6.07) is 0. The van der Waals surface area contributed by atoms with Gasteiger partial charge in [0, 0.05) is 5.25 Å². The fourth-order valence-corrected chi connectivity index (χ4v) is 1.85. The largest absolute Gasteiger partial charge is 0.176 e. The van der Waals surface area contributed by atoms with Gasteiger partial charge in [0.1, 0.15) is 0 Å². The van der Waals surface area contributed by atoms with Crippen molar-refractivity contribution in [3.8, 4) is 0 Å². The van der Waals surface area contributed by atoms with Gasteiger partial charge in [-0.3, -0.25) is 0 Å². The van der Waals surface area contributed by atoms with Gasteiger partial charge in [-0.2, -0.15) is 12.6 Å². The number of rotatable bonds is 0. The first-order valence-corrected chi connectivity index (χ1v) is 5.89. The number of hydrogen-bond donors (Lipinski definition) is 1. The smallest absolute Gasteiger partial charge is 0.00514 e.